The lowest BCUT2D eigenvalue weighted by Gasteiger charge is -2.22. The second kappa shape index (κ2) is 5.75. The van der Waals surface area contributed by atoms with Gasteiger partial charge in [0.2, 0.25) is 5.91 Å². The van der Waals surface area contributed by atoms with Crippen molar-refractivity contribution in [3.63, 3.8) is 0 Å². The van der Waals surface area contributed by atoms with Crippen LogP contribution in [0.3, 0.4) is 0 Å². The number of amides is 2. The lowest BCUT2D eigenvalue weighted by Crippen LogP contribution is -2.44. The van der Waals surface area contributed by atoms with E-state index in [2.05, 4.69) is 9.97 Å². The van der Waals surface area contributed by atoms with Crippen LogP contribution in [0.5, 0.6) is 0 Å². The number of aromatic nitrogens is 2. The molecule has 2 N–H and O–H groups in total. The fourth-order valence-electron chi connectivity index (χ4n) is 2.25. The SMILES string of the molecule is CC(C)c1ncc(Cl)c(C(=O)N2CCCC2C(N)=O)n1. The van der Waals surface area contributed by atoms with Crippen molar-refractivity contribution in [3.05, 3.63) is 22.7 Å². The molecule has 0 saturated carbocycles. The minimum absolute atomic E-state index is 0.0873. The summed E-state index contributed by atoms with van der Waals surface area (Å²) in [6.07, 6.45) is 2.76. The van der Waals surface area contributed by atoms with Crippen LogP contribution < -0.4 is 5.73 Å². The van der Waals surface area contributed by atoms with Crippen molar-refractivity contribution in [2.24, 2.45) is 5.73 Å². The van der Waals surface area contributed by atoms with Crippen LogP contribution in [-0.2, 0) is 4.79 Å². The minimum Gasteiger partial charge on any atom is -0.368 e. The van der Waals surface area contributed by atoms with E-state index >= 15 is 0 Å². The first kappa shape index (κ1) is 14.7. The van der Waals surface area contributed by atoms with E-state index in [1.807, 2.05) is 13.8 Å². The van der Waals surface area contributed by atoms with E-state index in [1.165, 1.54) is 11.1 Å². The summed E-state index contributed by atoms with van der Waals surface area (Å²) in [4.78, 5) is 33.6. The second-order valence-corrected chi connectivity index (χ2v) is 5.55. The Balaban J connectivity index is 2.33. The van der Waals surface area contributed by atoms with Crippen LogP contribution in [0.4, 0.5) is 0 Å². The highest BCUT2D eigenvalue weighted by atomic mass is 35.5. The number of carbonyl (C=O) groups is 2. The third-order valence-corrected chi connectivity index (χ3v) is 3.60. The molecule has 1 aromatic heterocycles. The summed E-state index contributed by atoms with van der Waals surface area (Å²) in [5.41, 5.74) is 5.46. The van der Waals surface area contributed by atoms with Gasteiger partial charge in [-0.05, 0) is 12.8 Å². The average molecular weight is 297 g/mol. The minimum atomic E-state index is -0.573. The van der Waals surface area contributed by atoms with Crippen LogP contribution >= 0.6 is 11.6 Å². The Morgan fingerprint density at radius 2 is 2.20 bits per heavy atom. The zero-order chi connectivity index (χ0) is 14.9. The summed E-state index contributed by atoms with van der Waals surface area (Å²) >= 11 is 6.01. The molecule has 2 heterocycles. The fourth-order valence-corrected chi connectivity index (χ4v) is 2.42. The van der Waals surface area contributed by atoms with Gasteiger partial charge in [0.15, 0.2) is 5.69 Å². The number of hydrogen-bond acceptors (Lipinski definition) is 4. The van der Waals surface area contributed by atoms with Gasteiger partial charge in [0.05, 0.1) is 11.2 Å². The number of rotatable bonds is 3. The van der Waals surface area contributed by atoms with Crippen molar-refractivity contribution in [2.75, 3.05) is 6.54 Å². The van der Waals surface area contributed by atoms with Crippen molar-refractivity contribution in [2.45, 2.75) is 38.6 Å². The molecule has 0 radical (unpaired) electrons. The van der Waals surface area contributed by atoms with Gasteiger partial charge in [0.1, 0.15) is 11.9 Å². The molecule has 2 rings (SSSR count). The van der Waals surface area contributed by atoms with E-state index in [0.29, 0.717) is 18.8 Å². The highest BCUT2D eigenvalue weighted by molar-refractivity contribution is 6.33. The molecule has 1 aliphatic heterocycles. The molecule has 7 heteroatoms. The van der Waals surface area contributed by atoms with Crippen molar-refractivity contribution >= 4 is 23.4 Å². The van der Waals surface area contributed by atoms with Crippen LogP contribution in [0.1, 0.15) is 48.9 Å². The third-order valence-electron chi connectivity index (χ3n) is 3.32. The average Bonchev–Trinajstić information content (AvgIpc) is 2.87. The summed E-state index contributed by atoms with van der Waals surface area (Å²) in [6.45, 7) is 4.35. The summed E-state index contributed by atoms with van der Waals surface area (Å²) in [5, 5.41) is 0.189. The molecule has 0 aliphatic carbocycles. The number of primary amides is 1. The Bertz CT molecular complexity index is 547. The lowest BCUT2D eigenvalue weighted by molar-refractivity contribution is -0.121. The van der Waals surface area contributed by atoms with Gasteiger partial charge >= 0.3 is 0 Å². The molecule has 1 aliphatic rings. The van der Waals surface area contributed by atoms with Crippen LogP contribution in [0.25, 0.3) is 0 Å². The van der Waals surface area contributed by atoms with Gasteiger partial charge in [-0.1, -0.05) is 25.4 Å². The maximum Gasteiger partial charge on any atom is 0.274 e. The second-order valence-electron chi connectivity index (χ2n) is 5.14. The predicted molar refractivity (Wildman–Crippen MR) is 74.4 cm³/mol. The molecule has 1 unspecified atom stereocenters. The van der Waals surface area contributed by atoms with Gasteiger partial charge in [-0.3, -0.25) is 9.59 Å². The Morgan fingerprint density at radius 3 is 2.80 bits per heavy atom. The number of likely N-dealkylation sites (tertiary alicyclic amines) is 1. The summed E-state index contributed by atoms with van der Waals surface area (Å²) in [5.74, 6) is -0.220. The first-order valence-corrected chi connectivity index (χ1v) is 6.92. The molecular weight excluding hydrogens is 280 g/mol. The normalized spacial score (nSPS) is 18.6. The van der Waals surface area contributed by atoms with Crippen LogP contribution in [0, 0.1) is 0 Å². The summed E-state index contributed by atoms with van der Waals surface area (Å²) < 4.78 is 0. The summed E-state index contributed by atoms with van der Waals surface area (Å²) in [7, 11) is 0. The van der Waals surface area contributed by atoms with Gasteiger partial charge < -0.3 is 10.6 Å². The predicted octanol–water partition coefficient (Wildman–Crippen LogP) is 1.34. The quantitative estimate of drug-likeness (QED) is 0.911. The molecule has 0 bridgehead atoms. The molecule has 6 nitrogen and oxygen atoms in total. The van der Waals surface area contributed by atoms with Gasteiger partial charge in [0, 0.05) is 12.5 Å². The van der Waals surface area contributed by atoms with E-state index in [1.54, 1.807) is 0 Å². The molecule has 0 spiro atoms. The van der Waals surface area contributed by atoms with Gasteiger partial charge in [-0.15, -0.1) is 0 Å². The zero-order valence-corrected chi connectivity index (χ0v) is 12.2. The maximum absolute atomic E-state index is 12.5. The van der Waals surface area contributed by atoms with Gasteiger partial charge in [-0.2, -0.15) is 0 Å². The topological polar surface area (TPSA) is 89.2 Å². The first-order valence-electron chi connectivity index (χ1n) is 6.54. The first-order chi connectivity index (χ1) is 9.41. The van der Waals surface area contributed by atoms with E-state index in [-0.39, 0.29) is 22.5 Å². The Labute approximate surface area is 122 Å². The molecule has 2 amide bonds. The Kier molecular flexibility index (Phi) is 4.23. The highest BCUT2D eigenvalue weighted by Gasteiger charge is 2.34. The zero-order valence-electron chi connectivity index (χ0n) is 11.5. The molecular formula is C13H17ClN4O2. The van der Waals surface area contributed by atoms with Crippen LogP contribution in [0.15, 0.2) is 6.20 Å². The van der Waals surface area contributed by atoms with E-state index in [9.17, 15) is 9.59 Å². The number of halogens is 1. The standard InChI is InChI=1S/C13H17ClN4O2/c1-7(2)12-16-6-8(14)10(17-12)13(20)18-5-3-4-9(18)11(15)19/h6-7,9H,3-5H2,1-2H3,(H2,15,19). The van der Waals surface area contributed by atoms with E-state index in [0.717, 1.165) is 6.42 Å². The number of hydrogen-bond donors (Lipinski definition) is 1. The molecule has 1 fully saturated rings. The molecule has 0 aromatic carbocycles. The van der Waals surface area contributed by atoms with E-state index in [4.69, 9.17) is 17.3 Å². The van der Waals surface area contributed by atoms with Crippen molar-refractivity contribution in [1.82, 2.24) is 14.9 Å². The fraction of sp³-hybridized carbons (Fsp3) is 0.538. The molecule has 108 valence electrons. The summed E-state index contributed by atoms with van der Waals surface area (Å²) in [6, 6.07) is -0.573. The van der Waals surface area contributed by atoms with Gasteiger partial charge in [0.25, 0.3) is 5.91 Å². The highest BCUT2D eigenvalue weighted by Crippen LogP contribution is 2.23. The lowest BCUT2D eigenvalue weighted by atomic mass is 10.2. The smallest absolute Gasteiger partial charge is 0.274 e. The van der Waals surface area contributed by atoms with Crippen LogP contribution in [0.2, 0.25) is 5.02 Å². The van der Waals surface area contributed by atoms with Crippen LogP contribution in [-0.4, -0.2) is 39.3 Å². The number of carbonyl (C=O) groups excluding carboxylic acids is 2. The van der Waals surface area contributed by atoms with Crippen molar-refractivity contribution < 1.29 is 9.59 Å². The Morgan fingerprint density at radius 1 is 1.50 bits per heavy atom. The monoisotopic (exact) mass is 296 g/mol. The molecule has 1 saturated heterocycles. The largest absolute Gasteiger partial charge is 0.368 e. The molecule has 1 atom stereocenters. The number of nitrogens with zero attached hydrogens (tertiary/aromatic N) is 3. The number of nitrogens with two attached hydrogens (primary N) is 1. The van der Waals surface area contributed by atoms with Gasteiger partial charge in [-0.25, -0.2) is 9.97 Å². The van der Waals surface area contributed by atoms with Crippen molar-refractivity contribution in [1.29, 1.82) is 0 Å². The Hall–Kier alpha value is -1.69. The third kappa shape index (κ3) is 2.75. The maximum atomic E-state index is 12.5. The molecule has 20 heavy (non-hydrogen) atoms. The van der Waals surface area contributed by atoms with Crippen molar-refractivity contribution in [3.8, 4) is 0 Å². The molecule has 1 aromatic rings. The van der Waals surface area contributed by atoms with E-state index < -0.39 is 11.9 Å².